The lowest BCUT2D eigenvalue weighted by Gasteiger charge is -2.33. The summed E-state index contributed by atoms with van der Waals surface area (Å²) in [5.74, 6) is -0.759. The predicted molar refractivity (Wildman–Crippen MR) is 82.1 cm³/mol. The Bertz CT molecular complexity index is 626. The highest BCUT2D eigenvalue weighted by Crippen LogP contribution is 2.43. The van der Waals surface area contributed by atoms with Crippen molar-refractivity contribution in [1.82, 2.24) is 0 Å². The second-order valence-corrected chi connectivity index (χ2v) is 6.16. The number of hydrogen-bond donors (Lipinski definition) is 2. The topological polar surface area (TPSA) is 104 Å². The van der Waals surface area contributed by atoms with Crippen molar-refractivity contribution in [2.24, 2.45) is 5.92 Å². The highest BCUT2D eigenvalue weighted by molar-refractivity contribution is 6.40. The monoisotopic (exact) mass is 338 g/mol. The summed E-state index contributed by atoms with van der Waals surface area (Å²) in [5, 5.41) is 17.9. The molecule has 0 atom stereocenters. The molecule has 1 aromatic rings. The van der Waals surface area contributed by atoms with E-state index in [1.807, 2.05) is 0 Å². The van der Waals surface area contributed by atoms with Crippen LogP contribution in [0.3, 0.4) is 0 Å². The van der Waals surface area contributed by atoms with Crippen molar-refractivity contribution >= 4 is 13.1 Å². The number of benzene rings is 1. The molecule has 3 rings (SSSR count). The first-order chi connectivity index (χ1) is 11.4. The normalized spacial score (nSPS) is 18.8. The van der Waals surface area contributed by atoms with Crippen LogP contribution in [0.15, 0.2) is 12.1 Å². The molecule has 8 nitrogen and oxygen atoms in total. The van der Waals surface area contributed by atoms with Crippen LogP contribution in [0.2, 0.25) is 0 Å². The molecule has 9 heteroatoms. The summed E-state index contributed by atoms with van der Waals surface area (Å²) in [5.41, 5.74) is 0.125. The van der Waals surface area contributed by atoms with Gasteiger partial charge >= 0.3 is 13.1 Å². The van der Waals surface area contributed by atoms with Gasteiger partial charge in [0.2, 0.25) is 5.79 Å². The molecule has 2 N–H and O–H groups in total. The van der Waals surface area contributed by atoms with Gasteiger partial charge in [0, 0.05) is 19.8 Å². The third-order valence-corrected chi connectivity index (χ3v) is 3.54. The Balaban J connectivity index is 1.89. The molecule has 130 valence electrons. The molecular formula is C15H19BO8. The molecule has 1 saturated heterocycles. The molecule has 24 heavy (non-hydrogen) atoms. The maximum absolute atomic E-state index is 12.4. The van der Waals surface area contributed by atoms with Crippen molar-refractivity contribution in [3.63, 3.8) is 0 Å². The maximum atomic E-state index is 12.4. The van der Waals surface area contributed by atoms with Crippen LogP contribution in [0.5, 0.6) is 17.2 Å². The maximum Gasteiger partial charge on any atom is 0.491 e. The molecule has 0 amide bonds. The zero-order valence-corrected chi connectivity index (χ0v) is 13.5. The molecule has 2 aliphatic rings. The first-order valence-electron chi connectivity index (χ1n) is 7.64. The van der Waals surface area contributed by atoms with Gasteiger partial charge in [-0.1, -0.05) is 0 Å². The second kappa shape index (κ2) is 6.50. The Hall–Kier alpha value is -1.97. The number of fused-ring (bicyclic) bond motifs is 1. The average molecular weight is 338 g/mol. The number of cyclic esters (lactones) is 1. The summed E-state index contributed by atoms with van der Waals surface area (Å²) in [6.07, 6.45) is 0. The van der Waals surface area contributed by atoms with E-state index in [0.29, 0.717) is 25.6 Å². The molecule has 0 unspecified atom stereocenters. The van der Waals surface area contributed by atoms with Gasteiger partial charge in [-0.25, -0.2) is 4.79 Å². The van der Waals surface area contributed by atoms with Gasteiger partial charge in [0.05, 0.1) is 19.8 Å². The van der Waals surface area contributed by atoms with Gasteiger partial charge in [0.15, 0.2) is 11.5 Å². The molecule has 0 spiro atoms. The summed E-state index contributed by atoms with van der Waals surface area (Å²) in [6.45, 7) is 4.51. The minimum Gasteiger partial charge on any atom is -0.492 e. The largest absolute Gasteiger partial charge is 0.492 e. The van der Waals surface area contributed by atoms with Crippen LogP contribution < -0.4 is 14.2 Å². The van der Waals surface area contributed by atoms with E-state index in [-0.39, 0.29) is 29.5 Å². The van der Waals surface area contributed by atoms with Gasteiger partial charge in [-0.15, -0.1) is 0 Å². The Morgan fingerprint density at radius 3 is 2.54 bits per heavy atom. The molecule has 0 bridgehead atoms. The minimum absolute atomic E-state index is 0.125. The number of ether oxygens (including phenoxy) is 5. The van der Waals surface area contributed by atoms with Crippen molar-refractivity contribution in [3.8, 4) is 17.2 Å². The standard InChI is InChI=1S/C15H19BO8/c1-15(2)23-13-11(22-8-16(18)19)4-3-10(12(13)14(17)24-15)21-7-9-5-20-6-9/h3-4,9,18-19H,5-8H2,1-2H3. The summed E-state index contributed by atoms with van der Waals surface area (Å²) in [6, 6.07) is 3.13. The zero-order valence-electron chi connectivity index (χ0n) is 13.5. The van der Waals surface area contributed by atoms with Gasteiger partial charge < -0.3 is 33.7 Å². The molecule has 1 aromatic carbocycles. The predicted octanol–water partition coefficient (Wildman–Crippen LogP) is 0.388. The van der Waals surface area contributed by atoms with Crippen LogP contribution in [-0.2, 0) is 9.47 Å². The van der Waals surface area contributed by atoms with Gasteiger partial charge in [0.25, 0.3) is 0 Å². The smallest absolute Gasteiger partial charge is 0.491 e. The van der Waals surface area contributed by atoms with E-state index in [9.17, 15) is 4.79 Å². The molecule has 1 fully saturated rings. The van der Waals surface area contributed by atoms with E-state index in [4.69, 9.17) is 33.7 Å². The summed E-state index contributed by atoms with van der Waals surface area (Å²) in [7, 11) is -1.64. The number of carbonyl (C=O) groups excluding carboxylic acids is 1. The van der Waals surface area contributed by atoms with Gasteiger partial charge in [-0.05, 0) is 12.1 Å². The van der Waals surface area contributed by atoms with E-state index in [0.717, 1.165) is 0 Å². The van der Waals surface area contributed by atoms with Crippen LogP contribution in [0, 0.1) is 5.92 Å². The van der Waals surface area contributed by atoms with Crippen LogP contribution in [0.1, 0.15) is 24.2 Å². The lowest BCUT2D eigenvalue weighted by atomic mass is 9.95. The number of hydrogen-bond acceptors (Lipinski definition) is 8. The van der Waals surface area contributed by atoms with E-state index in [1.54, 1.807) is 26.0 Å². The van der Waals surface area contributed by atoms with Crippen molar-refractivity contribution in [1.29, 1.82) is 0 Å². The zero-order chi connectivity index (χ0) is 17.3. The third-order valence-electron chi connectivity index (χ3n) is 3.54. The molecular weight excluding hydrogens is 319 g/mol. The lowest BCUT2D eigenvalue weighted by Crippen LogP contribution is -2.39. The molecule has 0 saturated carbocycles. The van der Waals surface area contributed by atoms with E-state index in [2.05, 4.69) is 0 Å². The van der Waals surface area contributed by atoms with E-state index < -0.39 is 18.9 Å². The third kappa shape index (κ3) is 3.58. The first-order valence-corrected chi connectivity index (χ1v) is 7.64. The van der Waals surface area contributed by atoms with Crippen molar-refractivity contribution in [2.75, 3.05) is 26.3 Å². The summed E-state index contributed by atoms with van der Waals surface area (Å²) < 4.78 is 27.1. The van der Waals surface area contributed by atoms with Crippen molar-refractivity contribution in [3.05, 3.63) is 17.7 Å². The fraction of sp³-hybridized carbons (Fsp3) is 0.533. The Kier molecular flexibility index (Phi) is 4.57. The highest BCUT2D eigenvalue weighted by Gasteiger charge is 2.39. The van der Waals surface area contributed by atoms with Crippen LogP contribution >= 0.6 is 0 Å². The van der Waals surface area contributed by atoms with Crippen molar-refractivity contribution < 1.29 is 38.5 Å². The number of esters is 1. The molecule has 0 radical (unpaired) electrons. The minimum atomic E-state index is -1.64. The van der Waals surface area contributed by atoms with Crippen molar-refractivity contribution in [2.45, 2.75) is 19.6 Å². The van der Waals surface area contributed by atoms with Crippen LogP contribution in [0.25, 0.3) is 0 Å². The molecule has 0 aliphatic carbocycles. The summed E-state index contributed by atoms with van der Waals surface area (Å²) >= 11 is 0. The highest BCUT2D eigenvalue weighted by atomic mass is 16.7. The quantitative estimate of drug-likeness (QED) is 0.567. The summed E-state index contributed by atoms with van der Waals surface area (Å²) in [4.78, 5) is 12.4. The van der Waals surface area contributed by atoms with Crippen LogP contribution in [-0.4, -0.2) is 55.2 Å². The average Bonchev–Trinajstić information content (AvgIpc) is 2.42. The van der Waals surface area contributed by atoms with Gasteiger partial charge in [-0.3, -0.25) is 0 Å². The van der Waals surface area contributed by atoms with E-state index in [1.165, 1.54) is 0 Å². The molecule has 0 aromatic heterocycles. The fourth-order valence-electron chi connectivity index (χ4n) is 2.37. The van der Waals surface area contributed by atoms with Crippen LogP contribution in [0.4, 0.5) is 0 Å². The second-order valence-electron chi connectivity index (χ2n) is 6.16. The Labute approximate surface area is 139 Å². The van der Waals surface area contributed by atoms with Gasteiger partial charge in [0.1, 0.15) is 17.8 Å². The fourth-order valence-corrected chi connectivity index (χ4v) is 2.37. The number of rotatable bonds is 6. The SMILES string of the molecule is CC1(C)OC(=O)c2c(OCC3COC3)ccc(OCB(O)O)c2O1. The number of carbonyl (C=O) groups is 1. The lowest BCUT2D eigenvalue weighted by molar-refractivity contribution is -0.128. The van der Waals surface area contributed by atoms with E-state index >= 15 is 0 Å². The van der Waals surface area contributed by atoms with Gasteiger partial charge in [-0.2, -0.15) is 0 Å². The Morgan fingerprint density at radius 2 is 1.92 bits per heavy atom. The first kappa shape index (κ1) is 16.9. The molecule has 2 heterocycles. The molecule has 2 aliphatic heterocycles. The Morgan fingerprint density at radius 1 is 1.21 bits per heavy atom.